The Kier molecular flexibility index (Phi) is 3.86. The van der Waals surface area contributed by atoms with Gasteiger partial charge in [0.1, 0.15) is 5.75 Å². The van der Waals surface area contributed by atoms with Crippen molar-refractivity contribution >= 4 is 15.9 Å². The van der Waals surface area contributed by atoms with Crippen molar-refractivity contribution in [3.63, 3.8) is 0 Å². The zero-order valence-electron chi connectivity index (χ0n) is 11.3. The van der Waals surface area contributed by atoms with Gasteiger partial charge in [0.25, 0.3) is 0 Å². The topological polar surface area (TPSA) is 29.5 Å². The molecule has 0 spiro atoms. The Labute approximate surface area is 123 Å². The molecule has 2 aliphatic rings. The summed E-state index contributed by atoms with van der Waals surface area (Å²) < 4.78 is 6.14. The molecule has 2 nitrogen and oxygen atoms in total. The van der Waals surface area contributed by atoms with Gasteiger partial charge < -0.3 is 9.84 Å². The molecule has 1 N–H and O–H groups in total. The monoisotopic (exact) mass is 324 g/mol. The SMILES string of the molecule is COc1ccc(C(O)CC2CC3CCC2C3)c(Br)c1. The van der Waals surface area contributed by atoms with Crippen molar-refractivity contribution in [1.29, 1.82) is 0 Å². The van der Waals surface area contributed by atoms with Gasteiger partial charge in [-0.25, -0.2) is 0 Å². The molecule has 104 valence electrons. The normalized spacial score (nSPS) is 30.6. The molecular weight excluding hydrogens is 304 g/mol. The lowest BCUT2D eigenvalue weighted by Crippen LogP contribution is -2.14. The molecule has 4 atom stereocenters. The molecule has 1 aromatic carbocycles. The summed E-state index contributed by atoms with van der Waals surface area (Å²) in [7, 11) is 1.66. The lowest BCUT2D eigenvalue weighted by Gasteiger charge is -2.24. The van der Waals surface area contributed by atoms with Crippen molar-refractivity contribution < 1.29 is 9.84 Å². The maximum atomic E-state index is 10.5. The van der Waals surface area contributed by atoms with Gasteiger partial charge in [-0.2, -0.15) is 0 Å². The summed E-state index contributed by atoms with van der Waals surface area (Å²) in [5.74, 6) is 3.36. The van der Waals surface area contributed by atoms with Crippen molar-refractivity contribution in [2.24, 2.45) is 17.8 Å². The Morgan fingerprint density at radius 3 is 2.79 bits per heavy atom. The number of aliphatic hydroxyl groups is 1. The highest BCUT2D eigenvalue weighted by molar-refractivity contribution is 9.10. The standard InChI is InChI=1S/C16H21BrO2/c1-19-13-4-5-14(15(17)9-13)16(18)8-12-7-10-2-3-11(12)6-10/h4-5,9-12,16,18H,2-3,6-8H2,1H3. The largest absolute Gasteiger partial charge is 0.497 e. The predicted octanol–water partition coefficient (Wildman–Crippen LogP) is 4.32. The fourth-order valence-corrected chi connectivity index (χ4v) is 4.61. The van der Waals surface area contributed by atoms with Gasteiger partial charge in [0.15, 0.2) is 0 Å². The van der Waals surface area contributed by atoms with Crippen LogP contribution in [0.4, 0.5) is 0 Å². The van der Waals surface area contributed by atoms with Crippen LogP contribution in [0.1, 0.15) is 43.8 Å². The quantitative estimate of drug-likeness (QED) is 0.893. The van der Waals surface area contributed by atoms with Crippen LogP contribution in [0.15, 0.2) is 22.7 Å². The smallest absolute Gasteiger partial charge is 0.120 e. The molecular formula is C16H21BrO2. The number of methoxy groups -OCH3 is 1. The number of ether oxygens (including phenoxy) is 1. The van der Waals surface area contributed by atoms with Gasteiger partial charge in [-0.1, -0.05) is 28.4 Å². The number of benzene rings is 1. The summed E-state index contributed by atoms with van der Waals surface area (Å²) in [6.45, 7) is 0. The molecule has 1 aromatic rings. The molecule has 2 saturated carbocycles. The average Bonchev–Trinajstić information content (AvgIpc) is 3.00. The molecule has 2 fully saturated rings. The summed E-state index contributed by atoms with van der Waals surface area (Å²) in [5, 5.41) is 10.5. The van der Waals surface area contributed by atoms with E-state index in [2.05, 4.69) is 15.9 Å². The Morgan fingerprint density at radius 1 is 1.37 bits per heavy atom. The second-order valence-corrected chi connectivity index (χ2v) is 6.93. The lowest BCUT2D eigenvalue weighted by atomic mass is 9.83. The maximum absolute atomic E-state index is 10.5. The van der Waals surface area contributed by atoms with E-state index in [-0.39, 0.29) is 6.10 Å². The van der Waals surface area contributed by atoms with Crippen molar-refractivity contribution in [2.45, 2.75) is 38.2 Å². The summed E-state index contributed by atoms with van der Waals surface area (Å²) in [4.78, 5) is 0. The highest BCUT2D eigenvalue weighted by Gasteiger charge is 2.40. The van der Waals surface area contributed by atoms with Crippen LogP contribution in [0.25, 0.3) is 0 Å². The molecule has 0 aliphatic heterocycles. The summed E-state index contributed by atoms with van der Waals surface area (Å²) >= 11 is 3.54. The average molecular weight is 325 g/mol. The van der Waals surface area contributed by atoms with Crippen molar-refractivity contribution in [3.8, 4) is 5.75 Å². The minimum atomic E-state index is -0.357. The Morgan fingerprint density at radius 2 is 2.21 bits per heavy atom. The van der Waals surface area contributed by atoms with E-state index in [1.54, 1.807) is 7.11 Å². The Hall–Kier alpha value is -0.540. The van der Waals surface area contributed by atoms with Gasteiger partial charge >= 0.3 is 0 Å². The van der Waals surface area contributed by atoms with Crippen LogP contribution in [0.3, 0.4) is 0 Å². The first-order valence-electron chi connectivity index (χ1n) is 7.19. The molecule has 0 aromatic heterocycles. The number of rotatable bonds is 4. The van der Waals surface area contributed by atoms with Gasteiger partial charge in [-0.3, -0.25) is 0 Å². The van der Waals surface area contributed by atoms with Crippen molar-refractivity contribution in [3.05, 3.63) is 28.2 Å². The number of aliphatic hydroxyl groups excluding tert-OH is 1. The highest BCUT2D eigenvalue weighted by Crippen LogP contribution is 2.51. The van der Waals surface area contributed by atoms with Gasteiger partial charge in [0.05, 0.1) is 13.2 Å². The molecule has 0 radical (unpaired) electrons. The number of halogens is 1. The van der Waals surface area contributed by atoms with Gasteiger partial charge in [0, 0.05) is 4.47 Å². The first-order chi connectivity index (χ1) is 9.17. The van der Waals surface area contributed by atoms with Crippen LogP contribution >= 0.6 is 15.9 Å². The van der Waals surface area contributed by atoms with Crippen LogP contribution in [0.5, 0.6) is 5.75 Å². The molecule has 4 unspecified atom stereocenters. The van der Waals surface area contributed by atoms with Crippen LogP contribution in [0, 0.1) is 17.8 Å². The Bertz CT molecular complexity index is 460. The van der Waals surface area contributed by atoms with E-state index >= 15 is 0 Å². The van der Waals surface area contributed by atoms with Crippen molar-refractivity contribution in [1.82, 2.24) is 0 Å². The minimum Gasteiger partial charge on any atom is -0.497 e. The van der Waals surface area contributed by atoms with Gasteiger partial charge in [0.2, 0.25) is 0 Å². The molecule has 3 rings (SSSR count). The van der Waals surface area contributed by atoms with E-state index in [1.807, 2.05) is 18.2 Å². The first-order valence-corrected chi connectivity index (χ1v) is 7.98. The van der Waals surface area contributed by atoms with E-state index in [0.717, 1.165) is 40.0 Å². The third-order valence-corrected chi connectivity index (χ3v) is 5.66. The van der Waals surface area contributed by atoms with E-state index in [9.17, 15) is 5.11 Å². The van der Waals surface area contributed by atoms with Crippen LogP contribution in [0.2, 0.25) is 0 Å². The number of hydrogen-bond acceptors (Lipinski definition) is 2. The fourth-order valence-electron chi connectivity index (χ4n) is 3.98. The molecule has 19 heavy (non-hydrogen) atoms. The maximum Gasteiger partial charge on any atom is 0.120 e. The minimum absolute atomic E-state index is 0.357. The summed E-state index contributed by atoms with van der Waals surface area (Å²) in [6, 6.07) is 5.82. The van der Waals surface area contributed by atoms with E-state index in [1.165, 1.54) is 25.7 Å². The van der Waals surface area contributed by atoms with E-state index < -0.39 is 0 Å². The first kappa shape index (κ1) is 13.4. The molecule has 3 heteroatoms. The van der Waals surface area contributed by atoms with Gasteiger partial charge in [-0.05, 0) is 61.1 Å². The van der Waals surface area contributed by atoms with Crippen LogP contribution in [-0.2, 0) is 0 Å². The zero-order chi connectivity index (χ0) is 13.4. The second-order valence-electron chi connectivity index (χ2n) is 6.07. The molecule has 0 saturated heterocycles. The van der Waals surface area contributed by atoms with Crippen molar-refractivity contribution in [2.75, 3.05) is 7.11 Å². The van der Waals surface area contributed by atoms with E-state index in [0.29, 0.717) is 0 Å². The van der Waals surface area contributed by atoms with Gasteiger partial charge in [-0.15, -0.1) is 0 Å². The fraction of sp³-hybridized carbons (Fsp3) is 0.625. The summed E-state index contributed by atoms with van der Waals surface area (Å²) in [5.41, 5.74) is 0.989. The second kappa shape index (κ2) is 5.45. The Balaban J connectivity index is 1.68. The number of fused-ring (bicyclic) bond motifs is 2. The molecule has 2 aliphatic carbocycles. The lowest BCUT2D eigenvalue weighted by molar-refractivity contribution is 0.125. The summed E-state index contributed by atoms with van der Waals surface area (Å²) in [6.07, 6.45) is 6.09. The van der Waals surface area contributed by atoms with Crippen LogP contribution < -0.4 is 4.74 Å². The third kappa shape index (κ3) is 2.68. The van der Waals surface area contributed by atoms with Crippen LogP contribution in [-0.4, -0.2) is 12.2 Å². The molecule has 0 amide bonds. The highest BCUT2D eigenvalue weighted by atomic mass is 79.9. The van der Waals surface area contributed by atoms with E-state index in [4.69, 9.17) is 4.74 Å². The predicted molar refractivity (Wildman–Crippen MR) is 79.2 cm³/mol. The molecule has 2 bridgehead atoms. The number of hydrogen-bond donors (Lipinski definition) is 1. The molecule has 0 heterocycles. The zero-order valence-corrected chi connectivity index (χ0v) is 12.9. The third-order valence-electron chi connectivity index (χ3n) is 4.98.